The number of alkyl halides is 1. The summed E-state index contributed by atoms with van der Waals surface area (Å²) in [5, 5.41) is 3.66. The summed E-state index contributed by atoms with van der Waals surface area (Å²) < 4.78 is 22.6. The Morgan fingerprint density at radius 2 is 1.94 bits per heavy atom. The van der Waals surface area contributed by atoms with Gasteiger partial charge in [0, 0.05) is 23.9 Å². The van der Waals surface area contributed by atoms with Gasteiger partial charge in [-0.1, -0.05) is 0 Å². The largest absolute Gasteiger partial charge is 0.385 e. The number of halogens is 1. The fourth-order valence-electron chi connectivity index (χ4n) is 2.28. The minimum absolute atomic E-state index is 0.324. The monoisotopic (exact) mass is 287 g/mol. The van der Waals surface area contributed by atoms with E-state index in [0.717, 1.165) is 25.1 Å². The van der Waals surface area contributed by atoms with Crippen LogP contribution in [0.2, 0.25) is 0 Å². The smallest absolute Gasteiger partial charge is 0.175 e. The molecule has 0 radical (unpaired) electrons. The fraction of sp³-hybridized carbons (Fsp3) is 0.538. The van der Waals surface area contributed by atoms with Gasteiger partial charge in [-0.05, 0) is 49.4 Å². The first-order valence-electron chi connectivity index (χ1n) is 6.13. The molecule has 3 nitrogen and oxygen atoms in total. The maximum Gasteiger partial charge on any atom is 0.175 e. The summed E-state index contributed by atoms with van der Waals surface area (Å²) in [7, 11) is -3.10. The Morgan fingerprint density at radius 3 is 2.44 bits per heavy atom. The fourth-order valence-corrected chi connectivity index (χ4v) is 3.29. The molecule has 1 saturated carbocycles. The number of benzene rings is 1. The van der Waals surface area contributed by atoms with Crippen molar-refractivity contribution in [1.29, 1.82) is 0 Å². The van der Waals surface area contributed by atoms with Crippen LogP contribution in [0, 0.1) is 5.92 Å². The average Bonchev–Trinajstić information content (AvgIpc) is 2.72. The topological polar surface area (TPSA) is 46.2 Å². The molecule has 1 aromatic rings. The van der Waals surface area contributed by atoms with Gasteiger partial charge in [-0.15, -0.1) is 11.6 Å². The summed E-state index contributed by atoms with van der Waals surface area (Å²) in [5.74, 6) is 0.627. The van der Waals surface area contributed by atoms with Crippen LogP contribution in [0.1, 0.15) is 19.3 Å². The second-order valence-corrected chi connectivity index (χ2v) is 7.59. The summed E-state index contributed by atoms with van der Waals surface area (Å²) in [6.45, 7) is 0.904. The molecule has 5 heteroatoms. The molecule has 0 bridgehead atoms. The Kier molecular flexibility index (Phi) is 4.17. The molecule has 100 valence electrons. The molecule has 0 heterocycles. The molecule has 2 unspecified atom stereocenters. The van der Waals surface area contributed by atoms with Crippen molar-refractivity contribution in [3.63, 3.8) is 0 Å². The number of sulfone groups is 1. The van der Waals surface area contributed by atoms with E-state index < -0.39 is 9.84 Å². The van der Waals surface area contributed by atoms with E-state index in [0.29, 0.717) is 16.2 Å². The van der Waals surface area contributed by atoms with Crippen molar-refractivity contribution < 1.29 is 8.42 Å². The number of nitrogens with one attached hydrogen (secondary N) is 1. The minimum atomic E-state index is -3.10. The number of anilines is 1. The number of hydrogen-bond donors (Lipinski definition) is 1. The summed E-state index contributed by atoms with van der Waals surface area (Å²) in [5.41, 5.74) is 0.959. The van der Waals surface area contributed by atoms with Gasteiger partial charge in [-0.25, -0.2) is 8.42 Å². The van der Waals surface area contributed by atoms with E-state index in [4.69, 9.17) is 11.6 Å². The highest BCUT2D eigenvalue weighted by molar-refractivity contribution is 7.90. The zero-order valence-electron chi connectivity index (χ0n) is 10.4. The van der Waals surface area contributed by atoms with Gasteiger partial charge in [0.25, 0.3) is 0 Å². The van der Waals surface area contributed by atoms with Gasteiger partial charge in [0.2, 0.25) is 0 Å². The molecule has 1 N–H and O–H groups in total. The summed E-state index contributed by atoms with van der Waals surface area (Å²) in [6.07, 6.45) is 4.55. The molecule has 2 atom stereocenters. The number of rotatable bonds is 4. The number of hydrogen-bond acceptors (Lipinski definition) is 3. The molecule has 1 fully saturated rings. The highest BCUT2D eigenvalue weighted by Gasteiger charge is 2.22. The summed E-state index contributed by atoms with van der Waals surface area (Å²) >= 11 is 6.07. The van der Waals surface area contributed by atoms with Gasteiger partial charge in [-0.3, -0.25) is 0 Å². The van der Waals surface area contributed by atoms with E-state index in [-0.39, 0.29) is 0 Å². The zero-order chi connectivity index (χ0) is 13.2. The standard InChI is InChI=1S/C13H18ClNO2S/c1-18(16,17)13-6-4-12(5-7-13)15-9-10-2-3-11(14)8-10/h4-7,10-11,15H,2-3,8-9H2,1H3. The molecule has 0 aliphatic heterocycles. The van der Waals surface area contributed by atoms with Crippen LogP contribution >= 0.6 is 11.6 Å². The van der Waals surface area contributed by atoms with Crippen molar-refractivity contribution in [3.05, 3.63) is 24.3 Å². The lowest BCUT2D eigenvalue weighted by Crippen LogP contribution is -2.11. The quantitative estimate of drug-likeness (QED) is 0.866. The molecule has 0 spiro atoms. The lowest BCUT2D eigenvalue weighted by atomic mass is 10.1. The van der Waals surface area contributed by atoms with E-state index in [1.54, 1.807) is 12.1 Å². The maximum atomic E-state index is 11.3. The van der Waals surface area contributed by atoms with Crippen molar-refractivity contribution in [2.45, 2.75) is 29.5 Å². The van der Waals surface area contributed by atoms with Gasteiger partial charge in [0.1, 0.15) is 0 Å². The van der Waals surface area contributed by atoms with Crippen molar-refractivity contribution in [2.75, 3.05) is 18.1 Å². The minimum Gasteiger partial charge on any atom is -0.385 e. The molecular weight excluding hydrogens is 270 g/mol. The second kappa shape index (κ2) is 5.49. The van der Waals surface area contributed by atoms with Crippen molar-refractivity contribution in [1.82, 2.24) is 0 Å². The van der Waals surface area contributed by atoms with Crippen LogP contribution in [0.5, 0.6) is 0 Å². The molecule has 0 aromatic heterocycles. The highest BCUT2D eigenvalue weighted by atomic mass is 35.5. The third-order valence-corrected chi connectivity index (χ3v) is 4.88. The Balaban J connectivity index is 1.91. The normalized spacial score (nSPS) is 24.1. The van der Waals surface area contributed by atoms with Crippen LogP contribution in [0.25, 0.3) is 0 Å². The van der Waals surface area contributed by atoms with Crippen LogP contribution in [0.3, 0.4) is 0 Å². The van der Waals surface area contributed by atoms with Crippen LogP contribution in [0.4, 0.5) is 5.69 Å². The molecule has 18 heavy (non-hydrogen) atoms. The highest BCUT2D eigenvalue weighted by Crippen LogP contribution is 2.29. The molecule has 1 aromatic carbocycles. The van der Waals surface area contributed by atoms with E-state index >= 15 is 0 Å². The first-order valence-corrected chi connectivity index (χ1v) is 8.46. The van der Waals surface area contributed by atoms with Gasteiger partial charge < -0.3 is 5.32 Å². The van der Waals surface area contributed by atoms with E-state index in [2.05, 4.69) is 5.32 Å². The molecule has 0 amide bonds. The van der Waals surface area contributed by atoms with Gasteiger partial charge in [-0.2, -0.15) is 0 Å². The lowest BCUT2D eigenvalue weighted by Gasteiger charge is -2.12. The maximum absolute atomic E-state index is 11.3. The predicted octanol–water partition coefficient (Wildman–Crippen LogP) is 2.91. The third-order valence-electron chi connectivity index (χ3n) is 3.35. The lowest BCUT2D eigenvalue weighted by molar-refractivity contribution is 0.580. The van der Waals surface area contributed by atoms with Crippen molar-refractivity contribution >= 4 is 27.1 Å². The molecule has 0 saturated heterocycles. The predicted molar refractivity (Wildman–Crippen MR) is 75.0 cm³/mol. The van der Waals surface area contributed by atoms with Crippen LogP contribution in [-0.2, 0) is 9.84 Å². The second-order valence-electron chi connectivity index (χ2n) is 4.95. The van der Waals surface area contributed by atoms with Gasteiger partial charge in [0.15, 0.2) is 9.84 Å². The van der Waals surface area contributed by atoms with E-state index in [1.165, 1.54) is 12.7 Å². The van der Waals surface area contributed by atoms with E-state index in [1.807, 2.05) is 12.1 Å². The Labute approximate surface area is 113 Å². The third kappa shape index (κ3) is 3.62. The SMILES string of the molecule is CS(=O)(=O)c1ccc(NCC2CCC(Cl)C2)cc1. The zero-order valence-corrected chi connectivity index (χ0v) is 12.0. The molecule has 1 aliphatic rings. The average molecular weight is 288 g/mol. The summed E-state index contributed by atoms with van der Waals surface area (Å²) in [4.78, 5) is 0.356. The van der Waals surface area contributed by atoms with Crippen molar-refractivity contribution in [2.24, 2.45) is 5.92 Å². The first-order chi connectivity index (χ1) is 8.45. The Hall–Kier alpha value is -0.740. The van der Waals surface area contributed by atoms with E-state index in [9.17, 15) is 8.42 Å². The molecule has 2 rings (SSSR count). The Morgan fingerprint density at radius 1 is 1.28 bits per heavy atom. The summed E-state index contributed by atoms with van der Waals surface area (Å²) in [6, 6.07) is 6.89. The van der Waals surface area contributed by atoms with Crippen LogP contribution in [0.15, 0.2) is 29.2 Å². The van der Waals surface area contributed by atoms with Gasteiger partial charge >= 0.3 is 0 Å². The first kappa shape index (κ1) is 13.7. The molecule has 1 aliphatic carbocycles. The van der Waals surface area contributed by atoms with Crippen molar-refractivity contribution in [3.8, 4) is 0 Å². The Bertz CT molecular complexity index is 498. The van der Waals surface area contributed by atoms with Crippen LogP contribution in [-0.4, -0.2) is 26.6 Å². The molecular formula is C13H18ClNO2S. The van der Waals surface area contributed by atoms with Crippen LogP contribution < -0.4 is 5.32 Å². The van der Waals surface area contributed by atoms with Gasteiger partial charge in [0.05, 0.1) is 4.90 Å².